The van der Waals surface area contributed by atoms with Crippen LogP contribution in [0.5, 0.6) is 0 Å². The van der Waals surface area contributed by atoms with E-state index >= 15 is 0 Å². The zero-order valence-electron chi connectivity index (χ0n) is 10.6. The number of aryl methyl sites for hydroxylation is 2. The van der Waals surface area contributed by atoms with E-state index in [1.807, 2.05) is 49.7 Å². The second-order valence-corrected chi connectivity index (χ2v) is 4.46. The van der Waals surface area contributed by atoms with Crippen LogP contribution in [0, 0.1) is 13.8 Å². The van der Waals surface area contributed by atoms with Crippen LogP contribution in [-0.2, 0) is 7.05 Å². The van der Waals surface area contributed by atoms with Crippen molar-refractivity contribution in [3.05, 3.63) is 45.9 Å². The molecule has 3 aromatic rings. The van der Waals surface area contributed by atoms with Crippen molar-refractivity contribution in [1.29, 1.82) is 0 Å². The van der Waals surface area contributed by atoms with E-state index in [9.17, 15) is 4.79 Å². The quantitative estimate of drug-likeness (QED) is 0.705. The lowest BCUT2D eigenvalue weighted by molar-refractivity contribution is 0.735. The van der Waals surface area contributed by atoms with Gasteiger partial charge in [-0.25, -0.2) is 4.98 Å². The van der Waals surface area contributed by atoms with E-state index in [1.54, 1.807) is 0 Å². The van der Waals surface area contributed by atoms with E-state index in [0.717, 1.165) is 22.3 Å². The molecule has 0 spiro atoms. The SMILES string of the molecule is Cc1[nH]n(-c2nc3ccccc3n2C)c(=O)c1C. The Kier molecular flexibility index (Phi) is 2.16. The highest BCUT2D eigenvalue weighted by Gasteiger charge is 2.14. The third-order valence-electron chi connectivity index (χ3n) is 3.33. The molecule has 0 aliphatic heterocycles. The van der Waals surface area contributed by atoms with E-state index in [4.69, 9.17) is 0 Å². The van der Waals surface area contributed by atoms with Crippen LogP contribution in [-0.4, -0.2) is 19.3 Å². The van der Waals surface area contributed by atoms with Crippen LogP contribution >= 0.6 is 0 Å². The minimum absolute atomic E-state index is 0.0501. The maximum absolute atomic E-state index is 12.1. The molecule has 0 bridgehead atoms. The zero-order chi connectivity index (χ0) is 12.9. The molecular formula is C13H14N4O. The monoisotopic (exact) mass is 242 g/mol. The number of imidazole rings is 1. The minimum Gasteiger partial charge on any atom is -0.311 e. The molecular weight excluding hydrogens is 228 g/mol. The number of fused-ring (bicyclic) bond motifs is 1. The van der Waals surface area contributed by atoms with Gasteiger partial charge in [0, 0.05) is 18.3 Å². The number of para-hydroxylation sites is 2. The van der Waals surface area contributed by atoms with Gasteiger partial charge in [0.05, 0.1) is 11.0 Å². The molecule has 1 aromatic carbocycles. The van der Waals surface area contributed by atoms with Crippen LogP contribution in [0.4, 0.5) is 0 Å². The fourth-order valence-corrected chi connectivity index (χ4v) is 2.10. The van der Waals surface area contributed by atoms with Crippen molar-refractivity contribution in [3.63, 3.8) is 0 Å². The number of benzene rings is 1. The molecule has 92 valence electrons. The molecule has 0 saturated heterocycles. The Morgan fingerprint density at radius 1 is 1.22 bits per heavy atom. The summed E-state index contributed by atoms with van der Waals surface area (Å²) in [7, 11) is 1.91. The van der Waals surface area contributed by atoms with Gasteiger partial charge in [-0.2, -0.15) is 4.68 Å². The van der Waals surface area contributed by atoms with E-state index in [-0.39, 0.29) is 5.56 Å². The predicted octanol–water partition coefficient (Wildman–Crippen LogP) is 1.67. The molecule has 0 amide bonds. The first-order valence-electron chi connectivity index (χ1n) is 5.79. The van der Waals surface area contributed by atoms with Gasteiger partial charge in [0.25, 0.3) is 5.56 Å². The molecule has 5 nitrogen and oxygen atoms in total. The van der Waals surface area contributed by atoms with Gasteiger partial charge in [-0.1, -0.05) is 12.1 Å². The Morgan fingerprint density at radius 2 is 1.94 bits per heavy atom. The molecule has 0 aliphatic carbocycles. The topological polar surface area (TPSA) is 55.6 Å². The van der Waals surface area contributed by atoms with Crippen molar-refractivity contribution in [2.75, 3.05) is 0 Å². The van der Waals surface area contributed by atoms with Gasteiger partial charge in [0.1, 0.15) is 0 Å². The van der Waals surface area contributed by atoms with Crippen molar-refractivity contribution in [1.82, 2.24) is 19.3 Å². The van der Waals surface area contributed by atoms with Crippen LogP contribution in [0.1, 0.15) is 11.3 Å². The third kappa shape index (κ3) is 1.33. The lowest BCUT2D eigenvalue weighted by Gasteiger charge is -2.01. The first kappa shape index (κ1) is 10.8. The summed E-state index contributed by atoms with van der Waals surface area (Å²) in [4.78, 5) is 16.6. The number of aromatic amines is 1. The summed E-state index contributed by atoms with van der Waals surface area (Å²) in [6.45, 7) is 3.70. The fraction of sp³-hybridized carbons (Fsp3) is 0.231. The Morgan fingerprint density at radius 3 is 2.56 bits per heavy atom. The number of rotatable bonds is 1. The molecule has 18 heavy (non-hydrogen) atoms. The second kappa shape index (κ2) is 3.60. The van der Waals surface area contributed by atoms with Crippen LogP contribution in [0.3, 0.4) is 0 Å². The summed E-state index contributed by atoms with van der Waals surface area (Å²) in [5, 5.41) is 3.05. The molecule has 5 heteroatoms. The van der Waals surface area contributed by atoms with Crippen LogP contribution in [0.25, 0.3) is 17.0 Å². The molecule has 2 aromatic heterocycles. The zero-order valence-corrected chi connectivity index (χ0v) is 10.6. The van der Waals surface area contributed by atoms with E-state index in [0.29, 0.717) is 5.95 Å². The van der Waals surface area contributed by atoms with Crippen molar-refractivity contribution in [2.24, 2.45) is 7.05 Å². The minimum atomic E-state index is -0.0501. The average molecular weight is 242 g/mol. The predicted molar refractivity (Wildman–Crippen MR) is 70.1 cm³/mol. The lowest BCUT2D eigenvalue weighted by Crippen LogP contribution is -2.19. The Hall–Kier alpha value is -2.30. The van der Waals surface area contributed by atoms with Gasteiger partial charge >= 0.3 is 0 Å². The highest BCUT2D eigenvalue weighted by atomic mass is 16.1. The molecule has 0 saturated carbocycles. The van der Waals surface area contributed by atoms with Gasteiger partial charge < -0.3 is 4.57 Å². The molecule has 2 heterocycles. The summed E-state index contributed by atoms with van der Waals surface area (Å²) < 4.78 is 3.40. The normalized spacial score (nSPS) is 11.3. The van der Waals surface area contributed by atoms with Crippen molar-refractivity contribution in [3.8, 4) is 5.95 Å². The van der Waals surface area contributed by atoms with Gasteiger partial charge in [0.15, 0.2) is 0 Å². The Balaban J connectivity index is 2.35. The van der Waals surface area contributed by atoms with Crippen molar-refractivity contribution in [2.45, 2.75) is 13.8 Å². The molecule has 0 atom stereocenters. The molecule has 0 radical (unpaired) electrons. The summed E-state index contributed by atoms with van der Waals surface area (Å²) in [5.74, 6) is 0.609. The number of nitrogens with one attached hydrogen (secondary N) is 1. The molecule has 1 N–H and O–H groups in total. The molecule has 0 unspecified atom stereocenters. The molecule has 0 fully saturated rings. The number of H-pyrrole nitrogens is 1. The summed E-state index contributed by atoms with van der Waals surface area (Å²) >= 11 is 0. The van der Waals surface area contributed by atoms with Gasteiger partial charge in [-0.05, 0) is 26.0 Å². The van der Waals surface area contributed by atoms with Crippen molar-refractivity contribution < 1.29 is 0 Å². The smallest absolute Gasteiger partial charge is 0.277 e. The number of aromatic nitrogens is 4. The van der Waals surface area contributed by atoms with Gasteiger partial charge in [-0.3, -0.25) is 9.89 Å². The third-order valence-corrected chi connectivity index (χ3v) is 3.33. The first-order valence-corrected chi connectivity index (χ1v) is 5.79. The fourth-order valence-electron chi connectivity index (χ4n) is 2.10. The summed E-state index contributed by atoms with van der Waals surface area (Å²) in [6.07, 6.45) is 0. The maximum Gasteiger partial charge on any atom is 0.277 e. The Labute approximate surface area is 104 Å². The highest BCUT2D eigenvalue weighted by molar-refractivity contribution is 5.77. The van der Waals surface area contributed by atoms with Crippen molar-refractivity contribution >= 4 is 11.0 Å². The number of nitrogens with zero attached hydrogens (tertiary/aromatic N) is 3. The molecule has 0 aliphatic rings. The van der Waals surface area contributed by atoms with E-state index in [1.165, 1.54) is 4.68 Å². The number of hydrogen-bond acceptors (Lipinski definition) is 2. The summed E-state index contributed by atoms with van der Waals surface area (Å²) in [5.41, 5.74) is 3.43. The van der Waals surface area contributed by atoms with Crippen LogP contribution < -0.4 is 5.56 Å². The van der Waals surface area contributed by atoms with Gasteiger partial charge in [-0.15, -0.1) is 0 Å². The largest absolute Gasteiger partial charge is 0.311 e. The Bertz CT molecular complexity index is 791. The average Bonchev–Trinajstić information content (AvgIpc) is 2.83. The molecule has 3 rings (SSSR count). The van der Waals surface area contributed by atoms with Gasteiger partial charge in [0.2, 0.25) is 5.95 Å². The summed E-state index contributed by atoms with van der Waals surface area (Å²) in [6, 6.07) is 7.82. The second-order valence-electron chi connectivity index (χ2n) is 4.46. The first-order chi connectivity index (χ1) is 8.59. The maximum atomic E-state index is 12.1. The standard InChI is InChI=1S/C13H14N4O/c1-8-9(2)15-17(12(8)18)13-14-10-6-4-5-7-11(10)16(13)3/h4-7,15H,1-3H3. The highest BCUT2D eigenvalue weighted by Crippen LogP contribution is 2.16. The number of hydrogen-bond donors (Lipinski definition) is 1. The van der Waals surface area contributed by atoms with E-state index < -0.39 is 0 Å². The van der Waals surface area contributed by atoms with Crippen LogP contribution in [0.2, 0.25) is 0 Å². The van der Waals surface area contributed by atoms with Crippen LogP contribution in [0.15, 0.2) is 29.1 Å². The lowest BCUT2D eigenvalue weighted by atomic mass is 10.3. The van der Waals surface area contributed by atoms with E-state index in [2.05, 4.69) is 10.1 Å².